The molecular weight excluding hydrogens is 439 g/mol. The van der Waals surface area contributed by atoms with Gasteiger partial charge in [0.05, 0.1) is 19.6 Å². The number of methoxy groups -OCH3 is 1. The monoisotopic (exact) mass is 472 g/mol. The Hall–Kier alpha value is -2.84. The molecule has 2 aromatic rings. The first kappa shape index (κ1) is 24.3. The molecule has 0 bridgehead atoms. The van der Waals surface area contributed by atoms with Crippen LogP contribution >= 0.6 is 0 Å². The minimum atomic E-state index is -0.501. The van der Waals surface area contributed by atoms with Gasteiger partial charge < -0.3 is 24.3 Å². The number of fused-ring (bicyclic) bond motifs is 1. The summed E-state index contributed by atoms with van der Waals surface area (Å²) in [6, 6.07) is 10.4. The number of nitrogens with zero attached hydrogens (tertiary/aromatic N) is 1. The number of ether oxygens (including phenoxy) is 4. The van der Waals surface area contributed by atoms with Crippen molar-refractivity contribution < 1.29 is 28.1 Å². The second-order valence-corrected chi connectivity index (χ2v) is 8.58. The molecule has 2 aromatic carbocycles. The molecule has 2 aliphatic rings. The van der Waals surface area contributed by atoms with Crippen LogP contribution in [0.15, 0.2) is 36.4 Å². The minimum absolute atomic E-state index is 0.144. The first-order chi connectivity index (χ1) is 16.6. The maximum absolute atomic E-state index is 14.7. The highest BCUT2D eigenvalue weighted by Crippen LogP contribution is 2.48. The number of nitrogens with one attached hydrogen (secondary N) is 1. The second kappa shape index (κ2) is 11.1. The Morgan fingerprint density at radius 2 is 1.91 bits per heavy atom. The van der Waals surface area contributed by atoms with E-state index in [9.17, 15) is 9.18 Å². The minimum Gasteiger partial charge on any atom is -0.494 e. The Morgan fingerprint density at radius 3 is 2.65 bits per heavy atom. The fourth-order valence-corrected chi connectivity index (χ4v) is 4.95. The predicted octanol–water partition coefficient (Wildman–Crippen LogP) is 3.88. The van der Waals surface area contributed by atoms with Gasteiger partial charge in [-0.1, -0.05) is 19.1 Å². The van der Waals surface area contributed by atoms with Crippen LogP contribution in [0.2, 0.25) is 0 Å². The molecule has 1 N–H and O–H groups in total. The lowest BCUT2D eigenvalue weighted by Crippen LogP contribution is -2.34. The maximum Gasteiger partial charge on any atom is 0.311 e. The summed E-state index contributed by atoms with van der Waals surface area (Å²) < 4.78 is 36.4. The molecule has 0 radical (unpaired) electrons. The topological polar surface area (TPSA) is 69.3 Å². The van der Waals surface area contributed by atoms with Crippen LogP contribution in [0, 0.1) is 11.7 Å². The second-order valence-electron chi connectivity index (χ2n) is 8.58. The van der Waals surface area contributed by atoms with Crippen molar-refractivity contribution in [2.24, 2.45) is 5.92 Å². The van der Waals surface area contributed by atoms with Gasteiger partial charge in [0.15, 0.2) is 23.1 Å². The van der Waals surface area contributed by atoms with E-state index in [1.807, 2.05) is 24.3 Å². The van der Waals surface area contributed by atoms with Crippen LogP contribution in [0.4, 0.5) is 4.39 Å². The summed E-state index contributed by atoms with van der Waals surface area (Å²) in [4.78, 5) is 15.6. The van der Waals surface area contributed by atoms with E-state index in [1.54, 1.807) is 13.0 Å². The lowest BCUT2D eigenvalue weighted by Gasteiger charge is -2.28. The van der Waals surface area contributed by atoms with Gasteiger partial charge in [0.25, 0.3) is 0 Å². The molecule has 34 heavy (non-hydrogen) atoms. The van der Waals surface area contributed by atoms with Crippen molar-refractivity contribution in [3.63, 3.8) is 0 Å². The molecule has 1 saturated heterocycles. The molecule has 0 spiro atoms. The van der Waals surface area contributed by atoms with Gasteiger partial charge in [-0.05, 0) is 55.3 Å². The van der Waals surface area contributed by atoms with Gasteiger partial charge in [-0.3, -0.25) is 9.69 Å². The Bertz CT molecular complexity index is 1000. The lowest BCUT2D eigenvalue weighted by molar-refractivity contribution is -0.149. The predicted molar refractivity (Wildman–Crippen MR) is 126 cm³/mol. The molecule has 3 atom stereocenters. The first-order valence-corrected chi connectivity index (χ1v) is 11.9. The molecule has 0 aliphatic carbocycles. The first-order valence-electron chi connectivity index (χ1n) is 11.9. The van der Waals surface area contributed by atoms with E-state index in [4.69, 9.17) is 18.9 Å². The Kier molecular flexibility index (Phi) is 7.90. The summed E-state index contributed by atoms with van der Waals surface area (Å²) in [5, 5.41) is 3.43. The number of rotatable bonds is 10. The normalized spacial score (nSPS) is 21.6. The number of carbonyl (C=O) groups is 1. The molecule has 7 nitrogen and oxygen atoms in total. The Morgan fingerprint density at radius 1 is 1.12 bits per heavy atom. The van der Waals surface area contributed by atoms with E-state index in [1.165, 1.54) is 13.2 Å². The number of carbonyl (C=O) groups excluding carboxylic acids is 1. The van der Waals surface area contributed by atoms with Crippen LogP contribution in [-0.4, -0.2) is 57.6 Å². The third-order valence-electron chi connectivity index (χ3n) is 6.50. The van der Waals surface area contributed by atoms with Gasteiger partial charge in [-0.2, -0.15) is 0 Å². The summed E-state index contributed by atoms with van der Waals surface area (Å²) >= 11 is 0. The van der Waals surface area contributed by atoms with E-state index in [0.717, 1.165) is 37.2 Å². The molecule has 4 rings (SSSR count). The summed E-state index contributed by atoms with van der Waals surface area (Å²) in [5.41, 5.74) is 1.71. The zero-order valence-electron chi connectivity index (χ0n) is 20.0. The van der Waals surface area contributed by atoms with Gasteiger partial charge >= 0.3 is 5.97 Å². The van der Waals surface area contributed by atoms with E-state index in [-0.39, 0.29) is 37.1 Å². The molecule has 2 aliphatic heterocycles. The number of esters is 1. The highest BCUT2D eigenvalue weighted by atomic mass is 19.1. The Balaban J connectivity index is 1.72. The van der Waals surface area contributed by atoms with Gasteiger partial charge in [0.1, 0.15) is 0 Å². The quantitative estimate of drug-likeness (QED) is 0.416. The van der Waals surface area contributed by atoms with E-state index < -0.39 is 11.7 Å². The van der Waals surface area contributed by atoms with Crippen molar-refractivity contribution in [3.8, 4) is 17.2 Å². The molecule has 8 heteroatoms. The third kappa shape index (κ3) is 4.98. The summed E-state index contributed by atoms with van der Waals surface area (Å²) in [6.07, 6.45) is 1.04. The zero-order valence-corrected chi connectivity index (χ0v) is 20.0. The van der Waals surface area contributed by atoms with Crippen molar-refractivity contribution in [2.75, 3.05) is 46.7 Å². The largest absolute Gasteiger partial charge is 0.494 e. The molecule has 0 saturated carbocycles. The average Bonchev–Trinajstić information content (AvgIpc) is 3.46. The fourth-order valence-electron chi connectivity index (χ4n) is 4.95. The highest BCUT2D eigenvalue weighted by Gasteiger charge is 2.48. The standard InChI is InChI=1S/C26H33FN2O5/c1-4-10-28-11-12-29-15-19(17-6-9-22-23(14-17)34-16-33-22)24(26(30)32-5-2)25(29)18-7-8-21(31-3)20(27)13-18/h6-9,13-14,19,24-25,28H,4-5,10-12,15-16H2,1-3H3. The number of likely N-dealkylation sites (tertiary alicyclic amines) is 1. The van der Waals surface area contributed by atoms with Gasteiger partial charge in [-0.15, -0.1) is 0 Å². The van der Waals surface area contributed by atoms with Crippen LogP contribution in [0.5, 0.6) is 17.2 Å². The zero-order chi connectivity index (χ0) is 24.1. The van der Waals surface area contributed by atoms with Crippen molar-refractivity contribution in [1.29, 1.82) is 0 Å². The molecule has 3 unspecified atom stereocenters. The summed E-state index contributed by atoms with van der Waals surface area (Å²) in [6.45, 7) is 7.44. The summed E-state index contributed by atoms with van der Waals surface area (Å²) in [7, 11) is 1.44. The van der Waals surface area contributed by atoms with Crippen molar-refractivity contribution >= 4 is 5.97 Å². The number of hydrogen-bond donors (Lipinski definition) is 1. The van der Waals surface area contributed by atoms with E-state index >= 15 is 0 Å². The Labute approximate surface area is 200 Å². The SMILES string of the molecule is CCCNCCN1CC(c2ccc3c(c2)OCO3)C(C(=O)OCC)C1c1ccc(OC)c(F)c1. The molecule has 0 amide bonds. The van der Waals surface area contributed by atoms with Gasteiger partial charge in [-0.25, -0.2) is 4.39 Å². The molecule has 2 heterocycles. The van der Waals surface area contributed by atoms with Crippen LogP contribution in [-0.2, 0) is 9.53 Å². The molecule has 0 aromatic heterocycles. The van der Waals surface area contributed by atoms with Crippen molar-refractivity contribution in [2.45, 2.75) is 32.2 Å². The highest BCUT2D eigenvalue weighted by molar-refractivity contribution is 5.76. The van der Waals surface area contributed by atoms with Crippen LogP contribution < -0.4 is 19.5 Å². The van der Waals surface area contributed by atoms with Gasteiger partial charge in [0, 0.05) is 31.6 Å². The molecular formula is C26H33FN2O5. The van der Waals surface area contributed by atoms with Crippen molar-refractivity contribution in [3.05, 3.63) is 53.3 Å². The van der Waals surface area contributed by atoms with Crippen LogP contribution in [0.1, 0.15) is 43.4 Å². The van der Waals surface area contributed by atoms with E-state index in [0.29, 0.717) is 18.0 Å². The van der Waals surface area contributed by atoms with E-state index in [2.05, 4.69) is 17.1 Å². The number of benzene rings is 2. The average molecular weight is 473 g/mol. The molecule has 1 fully saturated rings. The fraction of sp³-hybridized carbons (Fsp3) is 0.500. The smallest absolute Gasteiger partial charge is 0.311 e. The maximum atomic E-state index is 14.7. The lowest BCUT2D eigenvalue weighted by atomic mass is 9.82. The van der Waals surface area contributed by atoms with Crippen LogP contribution in [0.3, 0.4) is 0 Å². The van der Waals surface area contributed by atoms with Gasteiger partial charge in [0.2, 0.25) is 6.79 Å². The number of hydrogen-bond acceptors (Lipinski definition) is 7. The third-order valence-corrected chi connectivity index (χ3v) is 6.50. The summed E-state index contributed by atoms with van der Waals surface area (Å²) in [5.74, 6) is 0.180. The van der Waals surface area contributed by atoms with Crippen molar-refractivity contribution in [1.82, 2.24) is 10.2 Å². The number of halogens is 1. The molecule has 184 valence electrons. The van der Waals surface area contributed by atoms with Crippen LogP contribution in [0.25, 0.3) is 0 Å².